The van der Waals surface area contributed by atoms with E-state index >= 15 is 0 Å². The average molecular weight is 346 g/mol. The number of hydrogen-bond acceptors (Lipinski definition) is 4. The molecule has 1 saturated heterocycles. The van der Waals surface area contributed by atoms with Crippen LogP contribution in [0.2, 0.25) is 0 Å². The van der Waals surface area contributed by atoms with Gasteiger partial charge in [0.15, 0.2) is 0 Å². The third-order valence-corrected chi connectivity index (χ3v) is 4.66. The van der Waals surface area contributed by atoms with Crippen molar-refractivity contribution in [3.05, 3.63) is 35.9 Å². The van der Waals surface area contributed by atoms with Crippen LogP contribution in [0.5, 0.6) is 0 Å². The van der Waals surface area contributed by atoms with Crippen LogP contribution in [-0.4, -0.2) is 59.9 Å². The zero-order chi connectivity index (χ0) is 18.3. The Balaban J connectivity index is 1.73. The Hall–Kier alpha value is -1.92. The average Bonchev–Trinajstić information content (AvgIpc) is 2.61. The largest absolute Gasteiger partial charge is 0.345 e. The number of piperazine rings is 1. The summed E-state index contributed by atoms with van der Waals surface area (Å²) in [6.45, 7) is 7.69. The van der Waals surface area contributed by atoms with Crippen molar-refractivity contribution >= 4 is 11.8 Å². The topological polar surface area (TPSA) is 78.7 Å². The van der Waals surface area contributed by atoms with E-state index in [4.69, 9.17) is 5.73 Å². The summed E-state index contributed by atoms with van der Waals surface area (Å²) in [6, 6.07) is 10.3. The highest BCUT2D eigenvalue weighted by atomic mass is 16.2. The molecule has 1 aromatic carbocycles. The Bertz CT molecular complexity index is 566. The number of carbonyl (C=O) groups excluding carboxylic acids is 2. The number of nitrogens with one attached hydrogen (secondary N) is 1. The molecule has 0 bridgehead atoms. The normalized spacial score (nSPS) is 17.8. The number of amides is 2. The molecule has 138 valence electrons. The minimum absolute atomic E-state index is 0.0218. The Morgan fingerprint density at radius 1 is 1.16 bits per heavy atom. The third kappa shape index (κ3) is 5.83. The van der Waals surface area contributed by atoms with E-state index in [1.807, 2.05) is 30.0 Å². The molecule has 1 unspecified atom stereocenters. The predicted molar refractivity (Wildman–Crippen MR) is 98.8 cm³/mol. The second-order valence-electron chi connectivity index (χ2n) is 6.99. The van der Waals surface area contributed by atoms with Crippen LogP contribution in [0.4, 0.5) is 0 Å². The molecule has 6 heteroatoms. The van der Waals surface area contributed by atoms with Crippen molar-refractivity contribution in [2.75, 3.05) is 32.7 Å². The Morgan fingerprint density at radius 2 is 1.80 bits per heavy atom. The maximum atomic E-state index is 12.3. The van der Waals surface area contributed by atoms with Crippen LogP contribution < -0.4 is 11.1 Å². The summed E-state index contributed by atoms with van der Waals surface area (Å²) in [6.07, 6.45) is 1.43. The van der Waals surface area contributed by atoms with Gasteiger partial charge in [-0.05, 0) is 18.9 Å². The fourth-order valence-electron chi connectivity index (χ4n) is 3.10. The summed E-state index contributed by atoms with van der Waals surface area (Å²) in [7, 11) is 0. The summed E-state index contributed by atoms with van der Waals surface area (Å²) in [4.78, 5) is 28.5. The van der Waals surface area contributed by atoms with Crippen molar-refractivity contribution in [1.29, 1.82) is 0 Å². The zero-order valence-electron chi connectivity index (χ0n) is 15.3. The molecule has 1 aromatic rings. The lowest BCUT2D eigenvalue weighted by Gasteiger charge is -2.35. The van der Waals surface area contributed by atoms with Crippen molar-refractivity contribution in [3.8, 4) is 0 Å². The van der Waals surface area contributed by atoms with Crippen molar-refractivity contribution in [2.45, 2.75) is 38.8 Å². The smallest absolute Gasteiger partial charge is 0.242 e. The van der Waals surface area contributed by atoms with Gasteiger partial charge in [0.05, 0.1) is 12.1 Å². The number of hydrogen-bond donors (Lipinski definition) is 2. The lowest BCUT2D eigenvalue weighted by Crippen LogP contribution is -2.55. The van der Waals surface area contributed by atoms with E-state index in [1.54, 1.807) is 6.92 Å². The maximum absolute atomic E-state index is 12.3. The highest BCUT2D eigenvalue weighted by molar-refractivity contribution is 5.89. The highest BCUT2D eigenvalue weighted by Gasteiger charge is 2.28. The zero-order valence-corrected chi connectivity index (χ0v) is 15.3. The lowest BCUT2D eigenvalue weighted by atomic mass is 9.96. The monoisotopic (exact) mass is 346 g/mol. The first-order chi connectivity index (χ1) is 11.9. The second kappa shape index (κ2) is 8.97. The van der Waals surface area contributed by atoms with Crippen LogP contribution in [0.1, 0.15) is 32.3 Å². The molecular formula is C19H30N4O2. The van der Waals surface area contributed by atoms with Crippen LogP contribution in [0, 0.1) is 0 Å². The van der Waals surface area contributed by atoms with E-state index in [1.165, 1.54) is 5.56 Å². The number of rotatable bonds is 7. The first-order valence-corrected chi connectivity index (χ1v) is 9.03. The standard InChI is InChI=1S/C19H30N4O2/c1-3-9-19(2,20)18(25)21-14-17(24)23-12-10-22(11-13-23)15-16-7-5-4-6-8-16/h4-8H,3,9-15,20H2,1-2H3,(H,21,25). The molecule has 2 amide bonds. The van der Waals surface area contributed by atoms with Gasteiger partial charge in [-0.3, -0.25) is 14.5 Å². The molecule has 0 aliphatic carbocycles. The summed E-state index contributed by atoms with van der Waals surface area (Å²) in [5.41, 5.74) is 6.35. The fraction of sp³-hybridized carbons (Fsp3) is 0.579. The van der Waals surface area contributed by atoms with Crippen LogP contribution in [0.25, 0.3) is 0 Å². The van der Waals surface area contributed by atoms with Gasteiger partial charge in [0.1, 0.15) is 0 Å². The summed E-state index contributed by atoms with van der Waals surface area (Å²) in [5, 5.41) is 2.69. The molecule has 0 aromatic heterocycles. The van der Waals surface area contributed by atoms with Crippen LogP contribution in [-0.2, 0) is 16.1 Å². The van der Waals surface area contributed by atoms with Crippen LogP contribution >= 0.6 is 0 Å². The molecule has 2 rings (SSSR count). The van der Waals surface area contributed by atoms with Gasteiger partial charge < -0.3 is 16.0 Å². The van der Waals surface area contributed by atoms with E-state index in [-0.39, 0.29) is 18.4 Å². The quantitative estimate of drug-likeness (QED) is 0.771. The van der Waals surface area contributed by atoms with Gasteiger partial charge in [-0.1, -0.05) is 43.7 Å². The van der Waals surface area contributed by atoms with Gasteiger partial charge in [0.25, 0.3) is 0 Å². The fourth-order valence-corrected chi connectivity index (χ4v) is 3.10. The van der Waals surface area contributed by atoms with Crippen LogP contribution in [0.15, 0.2) is 30.3 Å². The van der Waals surface area contributed by atoms with Gasteiger partial charge in [-0.25, -0.2) is 0 Å². The lowest BCUT2D eigenvalue weighted by molar-refractivity contribution is -0.135. The summed E-state index contributed by atoms with van der Waals surface area (Å²) >= 11 is 0. The maximum Gasteiger partial charge on any atom is 0.242 e. The van der Waals surface area contributed by atoms with E-state index in [9.17, 15) is 9.59 Å². The Labute approximate surface area is 150 Å². The number of benzene rings is 1. The second-order valence-corrected chi connectivity index (χ2v) is 6.99. The molecule has 1 aliphatic heterocycles. The van der Waals surface area contributed by atoms with Crippen molar-refractivity contribution in [2.24, 2.45) is 5.73 Å². The predicted octanol–water partition coefficient (Wildman–Crippen LogP) is 0.965. The summed E-state index contributed by atoms with van der Waals surface area (Å²) < 4.78 is 0. The molecular weight excluding hydrogens is 316 g/mol. The molecule has 6 nitrogen and oxygen atoms in total. The number of carbonyl (C=O) groups is 2. The van der Waals surface area contributed by atoms with Crippen molar-refractivity contribution in [3.63, 3.8) is 0 Å². The minimum atomic E-state index is -0.913. The first kappa shape index (κ1) is 19.4. The van der Waals surface area contributed by atoms with Gasteiger partial charge in [-0.2, -0.15) is 0 Å². The van der Waals surface area contributed by atoms with E-state index in [2.05, 4.69) is 22.3 Å². The van der Waals surface area contributed by atoms with Gasteiger partial charge in [-0.15, -0.1) is 0 Å². The van der Waals surface area contributed by atoms with Crippen molar-refractivity contribution in [1.82, 2.24) is 15.1 Å². The Morgan fingerprint density at radius 3 is 2.40 bits per heavy atom. The number of nitrogens with two attached hydrogens (primary N) is 1. The van der Waals surface area contributed by atoms with E-state index in [0.29, 0.717) is 19.5 Å². The van der Waals surface area contributed by atoms with Gasteiger partial charge >= 0.3 is 0 Å². The SMILES string of the molecule is CCCC(C)(N)C(=O)NCC(=O)N1CCN(Cc2ccccc2)CC1. The molecule has 1 heterocycles. The summed E-state index contributed by atoms with van der Waals surface area (Å²) in [5.74, 6) is -0.301. The highest BCUT2D eigenvalue weighted by Crippen LogP contribution is 2.10. The molecule has 0 saturated carbocycles. The van der Waals surface area contributed by atoms with Crippen molar-refractivity contribution < 1.29 is 9.59 Å². The first-order valence-electron chi connectivity index (χ1n) is 9.03. The minimum Gasteiger partial charge on any atom is -0.345 e. The number of nitrogens with zero attached hydrogens (tertiary/aromatic N) is 2. The van der Waals surface area contributed by atoms with E-state index in [0.717, 1.165) is 26.1 Å². The molecule has 1 aliphatic rings. The third-order valence-electron chi connectivity index (χ3n) is 4.66. The molecule has 1 fully saturated rings. The van der Waals surface area contributed by atoms with Gasteiger partial charge in [0, 0.05) is 32.7 Å². The molecule has 0 radical (unpaired) electrons. The molecule has 25 heavy (non-hydrogen) atoms. The Kier molecular flexibility index (Phi) is 6.96. The molecule has 1 atom stereocenters. The van der Waals surface area contributed by atoms with E-state index < -0.39 is 5.54 Å². The van der Waals surface area contributed by atoms with Gasteiger partial charge in [0.2, 0.25) is 11.8 Å². The molecule has 3 N–H and O–H groups in total. The molecule has 0 spiro atoms. The van der Waals surface area contributed by atoms with Crippen LogP contribution in [0.3, 0.4) is 0 Å².